The van der Waals surface area contributed by atoms with Crippen molar-refractivity contribution in [2.75, 3.05) is 26.4 Å². The summed E-state index contributed by atoms with van der Waals surface area (Å²) in [5.74, 6) is -0.435. The Kier molecular flexibility index (Phi) is 6.73. The summed E-state index contributed by atoms with van der Waals surface area (Å²) >= 11 is 0. The lowest BCUT2D eigenvalue weighted by molar-refractivity contribution is -0.890. The standard InChI is InChI=1S/C19H24N2O3S/c1-21(2)18(16-9-5-3-6-10-16)15-20-19(22)13-14-25(23,24)17-11-7-4-8-12-17/h3-12,18H,13-15H2,1-2H3,(H,20,22)/p+1/t18-/m0/s1. The molecule has 0 saturated carbocycles. The molecular formula is C19H25N2O3S+. The van der Waals surface area contributed by atoms with Crippen molar-refractivity contribution in [2.45, 2.75) is 17.4 Å². The Balaban J connectivity index is 1.90. The van der Waals surface area contributed by atoms with Crippen LogP contribution in [-0.2, 0) is 14.6 Å². The fraction of sp³-hybridized carbons (Fsp3) is 0.316. The number of quaternary nitrogens is 1. The molecule has 0 unspecified atom stereocenters. The van der Waals surface area contributed by atoms with Crippen LogP contribution in [0.2, 0.25) is 0 Å². The van der Waals surface area contributed by atoms with Crippen molar-refractivity contribution >= 4 is 15.7 Å². The molecule has 2 rings (SSSR count). The number of sulfone groups is 1. The minimum Gasteiger partial charge on any atom is -0.350 e. The van der Waals surface area contributed by atoms with Gasteiger partial charge in [-0.15, -0.1) is 0 Å². The van der Waals surface area contributed by atoms with Crippen LogP contribution in [0.15, 0.2) is 65.6 Å². The molecule has 0 fully saturated rings. The van der Waals surface area contributed by atoms with Crippen molar-refractivity contribution in [3.8, 4) is 0 Å². The molecule has 0 saturated heterocycles. The third kappa shape index (κ3) is 5.69. The van der Waals surface area contributed by atoms with Crippen LogP contribution >= 0.6 is 0 Å². The average molecular weight is 361 g/mol. The first kappa shape index (κ1) is 19.1. The molecule has 0 spiro atoms. The zero-order valence-electron chi connectivity index (χ0n) is 14.6. The minimum atomic E-state index is -3.43. The molecule has 0 aliphatic carbocycles. The van der Waals surface area contributed by atoms with Crippen LogP contribution in [0.4, 0.5) is 0 Å². The molecule has 1 atom stereocenters. The zero-order chi connectivity index (χ0) is 18.3. The predicted molar refractivity (Wildman–Crippen MR) is 98.1 cm³/mol. The number of likely N-dealkylation sites (N-methyl/N-ethyl adjacent to an activating group) is 1. The Morgan fingerprint density at radius 3 is 2.12 bits per heavy atom. The molecule has 0 aliphatic heterocycles. The van der Waals surface area contributed by atoms with E-state index >= 15 is 0 Å². The Bertz CT molecular complexity index is 775. The summed E-state index contributed by atoms with van der Waals surface area (Å²) in [5.41, 5.74) is 1.14. The maximum Gasteiger partial charge on any atom is 0.221 e. The molecule has 0 bridgehead atoms. The van der Waals surface area contributed by atoms with Gasteiger partial charge in [0.05, 0.1) is 31.3 Å². The van der Waals surface area contributed by atoms with E-state index in [4.69, 9.17) is 0 Å². The van der Waals surface area contributed by atoms with Crippen LogP contribution in [0.3, 0.4) is 0 Å². The molecule has 2 aromatic carbocycles. The van der Waals surface area contributed by atoms with E-state index in [1.165, 1.54) is 4.90 Å². The van der Waals surface area contributed by atoms with E-state index in [0.717, 1.165) is 5.56 Å². The van der Waals surface area contributed by atoms with Crippen LogP contribution in [0, 0.1) is 0 Å². The summed E-state index contributed by atoms with van der Waals surface area (Å²) in [7, 11) is 0.634. The Morgan fingerprint density at radius 2 is 1.56 bits per heavy atom. The van der Waals surface area contributed by atoms with Crippen molar-refractivity contribution < 1.29 is 18.1 Å². The van der Waals surface area contributed by atoms with E-state index in [1.807, 2.05) is 44.4 Å². The molecule has 6 heteroatoms. The number of nitrogens with one attached hydrogen (secondary N) is 2. The van der Waals surface area contributed by atoms with Crippen LogP contribution in [0.25, 0.3) is 0 Å². The maximum absolute atomic E-state index is 12.2. The van der Waals surface area contributed by atoms with Crippen molar-refractivity contribution in [1.29, 1.82) is 0 Å². The highest BCUT2D eigenvalue weighted by atomic mass is 32.2. The number of carbonyl (C=O) groups is 1. The van der Waals surface area contributed by atoms with Crippen LogP contribution < -0.4 is 10.2 Å². The van der Waals surface area contributed by atoms with Crippen LogP contribution in [0.1, 0.15) is 18.0 Å². The molecule has 0 heterocycles. The molecule has 2 aromatic rings. The number of hydrogen-bond acceptors (Lipinski definition) is 3. The smallest absolute Gasteiger partial charge is 0.221 e. The van der Waals surface area contributed by atoms with Crippen LogP contribution in [-0.4, -0.2) is 40.7 Å². The summed E-state index contributed by atoms with van der Waals surface area (Å²) in [6, 6.07) is 18.3. The summed E-state index contributed by atoms with van der Waals surface area (Å²) < 4.78 is 24.4. The van der Waals surface area contributed by atoms with E-state index in [1.54, 1.807) is 30.3 Å². The van der Waals surface area contributed by atoms with E-state index in [0.29, 0.717) is 6.54 Å². The van der Waals surface area contributed by atoms with Gasteiger partial charge in [-0.05, 0) is 12.1 Å². The first-order valence-electron chi connectivity index (χ1n) is 8.29. The van der Waals surface area contributed by atoms with Gasteiger partial charge in [-0.25, -0.2) is 8.42 Å². The van der Waals surface area contributed by atoms with E-state index < -0.39 is 9.84 Å². The molecular weight excluding hydrogens is 336 g/mol. The zero-order valence-corrected chi connectivity index (χ0v) is 15.4. The van der Waals surface area contributed by atoms with Crippen molar-refractivity contribution in [3.05, 3.63) is 66.2 Å². The van der Waals surface area contributed by atoms with Gasteiger partial charge in [0.2, 0.25) is 5.91 Å². The van der Waals surface area contributed by atoms with Gasteiger partial charge in [0.25, 0.3) is 0 Å². The van der Waals surface area contributed by atoms with Gasteiger partial charge in [0.1, 0.15) is 6.04 Å². The minimum absolute atomic E-state index is 0.0402. The monoisotopic (exact) mass is 361 g/mol. The number of amides is 1. The number of hydrogen-bond donors (Lipinski definition) is 2. The molecule has 1 amide bonds. The topological polar surface area (TPSA) is 67.7 Å². The second-order valence-electron chi connectivity index (χ2n) is 6.23. The van der Waals surface area contributed by atoms with Gasteiger partial charge in [-0.3, -0.25) is 4.79 Å². The molecule has 0 aliphatic rings. The molecule has 25 heavy (non-hydrogen) atoms. The Morgan fingerprint density at radius 1 is 1.00 bits per heavy atom. The fourth-order valence-corrected chi connectivity index (χ4v) is 3.88. The van der Waals surface area contributed by atoms with Gasteiger partial charge in [0.15, 0.2) is 9.84 Å². The first-order chi connectivity index (χ1) is 11.9. The van der Waals surface area contributed by atoms with E-state index in [9.17, 15) is 13.2 Å². The van der Waals surface area contributed by atoms with Gasteiger partial charge in [-0.2, -0.15) is 0 Å². The largest absolute Gasteiger partial charge is 0.350 e. The fourth-order valence-electron chi connectivity index (χ4n) is 2.62. The van der Waals surface area contributed by atoms with Crippen LogP contribution in [0.5, 0.6) is 0 Å². The molecule has 134 valence electrons. The lowest BCUT2D eigenvalue weighted by Crippen LogP contribution is -3.07. The molecule has 2 N–H and O–H groups in total. The van der Waals surface area contributed by atoms with E-state index in [-0.39, 0.29) is 29.0 Å². The number of rotatable bonds is 8. The Hall–Kier alpha value is -2.18. The molecule has 5 nitrogen and oxygen atoms in total. The number of benzene rings is 2. The highest BCUT2D eigenvalue weighted by Gasteiger charge is 2.20. The Labute approximate surface area is 149 Å². The highest BCUT2D eigenvalue weighted by molar-refractivity contribution is 7.91. The van der Waals surface area contributed by atoms with Gasteiger partial charge >= 0.3 is 0 Å². The second-order valence-corrected chi connectivity index (χ2v) is 8.34. The van der Waals surface area contributed by atoms with Gasteiger partial charge in [-0.1, -0.05) is 48.5 Å². The lowest BCUT2D eigenvalue weighted by Gasteiger charge is -2.22. The third-order valence-electron chi connectivity index (χ3n) is 4.10. The second kappa shape index (κ2) is 8.78. The summed E-state index contributed by atoms with van der Waals surface area (Å²) in [6.07, 6.45) is -0.0402. The summed E-state index contributed by atoms with van der Waals surface area (Å²) in [5, 5.41) is 2.86. The van der Waals surface area contributed by atoms with E-state index in [2.05, 4.69) is 5.32 Å². The van der Waals surface area contributed by atoms with Crippen molar-refractivity contribution in [2.24, 2.45) is 0 Å². The highest BCUT2D eigenvalue weighted by Crippen LogP contribution is 2.11. The lowest BCUT2D eigenvalue weighted by atomic mass is 10.1. The van der Waals surface area contributed by atoms with Crippen molar-refractivity contribution in [3.63, 3.8) is 0 Å². The SMILES string of the molecule is C[NH+](C)[C@@H](CNC(=O)CCS(=O)(=O)c1ccccc1)c1ccccc1. The maximum atomic E-state index is 12.2. The van der Waals surface area contributed by atoms with Gasteiger partial charge < -0.3 is 10.2 Å². The van der Waals surface area contributed by atoms with Gasteiger partial charge in [0, 0.05) is 12.0 Å². The normalized spacial score (nSPS) is 12.8. The summed E-state index contributed by atoms with van der Waals surface area (Å²) in [6.45, 7) is 0.469. The summed E-state index contributed by atoms with van der Waals surface area (Å²) in [4.78, 5) is 13.5. The number of carbonyl (C=O) groups excluding carboxylic acids is 1. The quantitative estimate of drug-likeness (QED) is 0.733. The van der Waals surface area contributed by atoms with Crippen molar-refractivity contribution in [1.82, 2.24) is 5.32 Å². The molecule has 0 radical (unpaired) electrons. The first-order valence-corrected chi connectivity index (χ1v) is 9.95. The predicted octanol–water partition coefficient (Wildman–Crippen LogP) is 0.852. The third-order valence-corrected chi connectivity index (χ3v) is 5.83. The average Bonchev–Trinajstić information content (AvgIpc) is 2.61. The molecule has 0 aromatic heterocycles.